The minimum atomic E-state index is -0.431. The van der Waals surface area contributed by atoms with E-state index < -0.39 is 5.91 Å². The number of hydrogen-bond acceptors (Lipinski definition) is 3. The third kappa shape index (κ3) is 6.28. The van der Waals surface area contributed by atoms with Gasteiger partial charge >= 0.3 is 0 Å². The number of rotatable bonds is 6. The van der Waals surface area contributed by atoms with Crippen molar-refractivity contribution < 1.29 is 9.53 Å². The van der Waals surface area contributed by atoms with Crippen LogP contribution in [0.25, 0.3) is 6.08 Å². The Kier molecular flexibility index (Phi) is 7.73. The molecule has 1 N–H and O–H groups in total. The van der Waals surface area contributed by atoms with Crippen LogP contribution in [0.5, 0.6) is 5.75 Å². The van der Waals surface area contributed by atoms with Crippen LogP contribution >= 0.6 is 39.1 Å². The molecule has 0 unspecified atom stereocenters. The highest BCUT2D eigenvalue weighted by Crippen LogP contribution is 2.28. The Labute approximate surface area is 176 Å². The third-order valence-electron chi connectivity index (χ3n) is 3.45. The Morgan fingerprint density at radius 3 is 2.67 bits per heavy atom. The maximum Gasteiger partial charge on any atom is 0.262 e. The summed E-state index contributed by atoms with van der Waals surface area (Å²) >= 11 is 15.5. The van der Waals surface area contributed by atoms with Crippen LogP contribution in [0, 0.1) is 11.3 Å². The molecule has 1 amide bonds. The van der Waals surface area contributed by atoms with Crippen LogP contribution in [-0.4, -0.2) is 11.9 Å². The SMILES string of the molecule is CC(C)NC(=O)/C(C#N)=C\c1cc(Br)ccc1OCc1ccc(Cl)cc1Cl. The summed E-state index contributed by atoms with van der Waals surface area (Å²) in [5.74, 6) is 0.0912. The monoisotopic (exact) mass is 466 g/mol. The van der Waals surface area contributed by atoms with Gasteiger partial charge in [0, 0.05) is 31.7 Å². The van der Waals surface area contributed by atoms with Crippen LogP contribution in [0.1, 0.15) is 25.0 Å². The lowest BCUT2D eigenvalue weighted by Crippen LogP contribution is -2.30. The zero-order valence-corrected chi connectivity index (χ0v) is 17.8. The number of nitrogens with zero attached hydrogens (tertiary/aromatic N) is 1. The van der Waals surface area contributed by atoms with E-state index in [2.05, 4.69) is 21.2 Å². The predicted octanol–water partition coefficient (Wildman–Crippen LogP) is 5.77. The van der Waals surface area contributed by atoms with E-state index in [1.165, 1.54) is 6.08 Å². The van der Waals surface area contributed by atoms with Crippen LogP contribution in [0.3, 0.4) is 0 Å². The van der Waals surface area contributed by atoms with Crippen LogP contribution in [0.15, 0.2) is 46.4 Å². The van der Waals surface area contributed by atoms with Gasteiger partial charge in [0.1, 0.15) is 24.0 Å². The summed E-state index contributed by atoms with van der Waals surface area (Å²) in [6, 6.07) is 12.4. The van der Waals surface area contributed by atoms with E-state index in [-0.39, 0.29) is 18.2 Å². The molecule has 0 fully saturated rings. The first-order chi connectivity index (χ1) is 12.8. The molecule has 0 atom stereocenters. The largest absolute Gasteiger partial charge is 0.488 e. The third-order valence-corrected chi connectivity index (χ3v) is 4.54. The van der Waals surface area contributed by atoms with E-state index in [9.17, 15) is 10.1 Å². The lowest BCUT2D eigenvalue weighted by molar-refractivity contribution is -0.117. The summed E-state index contributed by atoms with van der Waals surface area (Å²) in [6.45, 7) is 3.88. The van der Waals surface area contributed by atoms with Crippen molar-refractivity contribution in [1.29, 1.82) is 5.26 Å². The summed E-state index contributed by atoms with van der Waals surface area (Å²) in [5, 5.41) is 13.1. The zero-order valence-electron chi connectivity index (χ0n) is 14.7. The molecule has 0 saturated heterocycles. The van der Waals surface area contributed by atoms with E-state index in [4.69, 9.17) is 27.9 Å². The normalized spacial score (nSPS) is 11.2. The second-order valence-corrected chi connectivity index (χ2v) is 7.76. The second-order valence-electron chi connectivity index (χ2n) is 6.00. The molecule has 0 spiro atoms. The number of nitrogens with one attached hydrogen (secondary N) is 1. The van der Waals surface area contributed by atoms with E-state index >= 15 is 0 Å². The Morgan fingerprint density at radius 2 is 2.04 bits per heavy atom. The molecule has 2 aromatic carbocycles. The highest BCUT2D eigenvalue weighted by atomic mass is 79.9. The number of ether oxygens (including phenoxy) is 1. The Morgan fingerprint density at radius 1 is 1.30 bits per heavy atom. The molecular formula is C20H17BrCl2N2O2. The average Bonchev–Trinajstić information content (AvgIpc) is 2.59. The van der Waals surface area contributed by atoms with Crippen molar-refractivity contribution in [3.63, 3.8) is 0 Å². The lowest BCUT2D eigenvalue weighted by Gasteiger charge is -2.12. The fourth-order valence-electron chi connectivity index (χ4n) is 2.20. The number of carbonyl (C=O) groups is 1. The predicted molar refractivity (Wildman–Crippen MR) is 112 cm³/mol. The van der Waals surface area contributed by atoms with Crippen molar-refractivity contribution in [3.05, 3.63) is 67.6 Å². The molecule has 0 heterocycles. The van der Waals surface area contributed by atoms with Gasteiger partial charge in [0.05, 0.1) is 0 Å². The van der Waals surface area contributed by atoms with Gasteiger partial charge in [0.2, 0.25) is 0 Å². The first-order valence-corrected chi connectivity index (χ1v) is 9.64. The second kappa shape index (κ2) is 9.80. The minimum Gasteiger partial charge on any atom is -0.488 e. The summed E-state index contributed by atoms with van der Waals surface area (Å²) in [4.78, 5) is 12.2. The van der Waals surface area contributed by atoms with Gasteiger partial charge in [-0.3, -0.25) is 4.79 Å². The molecule has 0 aliphatic rings. The van der Waals surface area contributed by atoms with Gasteiger partial charge in [-0.2, -0.15) is 5.26 Å². The van der Waals surface area contributed by atoms with Gasteiger partial charge in [-0.15, -0.1) is 0 Å². The van der Waals surface area contributed by atoms with E-state index in [1.54, 1.807) is 30.3 Å². The fourth-order valence-corrected chi connectivity index (χ4v) is 3.04. The van der Waals surface area contributed by atoms with E-state index in [1.807, 2.05) is 26.0 Å². The summed E-state index contributed by atoms with van der Waals surface area (Å²) < 4.78 is 6.67. The maximum atomic E-state index is 12.2. The number of halogens is 3. The molecule has 2 aromatic rings. The smallest absolute Gasteiger partial charge is 0.262 e. The quantitative estimate of drug-likeness (QED) is 0.433. The van der Waals surface area contributed by atoms with Gasteiger partial charge in [-0.25, -0.2) is 0 Å². The highest BCUT2D eigenvalue weighted by molar-refractivity contribution is 9.10. The van der Waals surface area contributed by atoms with Crippen LogP contribution in [0.4, 0.5) is 0 Å². The molecular weight excluding hydrogens is 451 g/mol. The number of nitriles is 1. The first-order valence-electron chi connectivity index (χ1n) is 8.09. The Bertz CT molecular complexity index is 921. The van der Waals surface area contributed by atoms with Crippen molar-refractivity contribution in [1.82, 2.24) is 5.32 Å². The van der Waals surface area contributed by atoms with E-state index in [0.717, 1.165) is 10.0 Å². The standard InChI is InChI=1S/C20H17BrCl2N2O2/c1-12(2)25-20(26)15(10-24)7-14-8-16(21)4-6-19(14)27-11-13-3-5-17(22)9-18(13)23/h3-9,12H,11H2,1-2H3,(H,25,26)/b15-7-. The molecule has 0 saturated carbocycles. The number of benzene rings is 2. The molecule has 0 bridgehead atoms. The molecule has 140 valence electrons. The molecule has 4 nitrogen and oxygen atoms in total. The summed E-state index contributed by atoms with van der Waals surface area (Å²) in [6.07, 6.45) is 1.50. The Hall–Kier alpha value is -2.00. The zero-order chi connectivity index (χ0) is 20.0. The van der Waals surface area contributed by atoms with Crippen LogP contribution in [0.2, 0.25) is 10.0 Å². The summed E-state index contributed by atoms with van der Waals surface area (Å²) in [7, 11) is 0. The molecule has 0 aliphatic carbocycles. The van der Waals surface area contributed by atoms with Gasteiger partial charge in [-0.05, 0) is 50.3 Å². The van der Waals surface area contributed by atoms with E-state index in [0.29, 0.717) is 21.4 Å². The van der Waals surface area contributed by atoms with Gasteiger partial charge < -0.3 is 10.1 Å². The molecule has 0 radical (unpaired) electrons. The van der Waals surface area contributed by atoms with Crippen LogP contribution in [-0.2, 0) is 11.4 Å². The highest BCUT2D eigenvalue weighted by Gasteiger charge is 2.13. The molecule has 7 heteroatoms. The van der Waals surface area contributed by atoms with Crippen molar-refractivity contribution in [3.8, 4) is 11.8 Å². The molecule has 0 aliphatic heterocycles. The van der Waals surface area contributed by atoms with Crippen molar-refractivity contribution in [2.75, 3.05) is 0 Å². The molecule has 2 rings (SSSR count). The fraction of sp³-hybridized carbons (Fsp3) is 0.200. The maximum absolute atomic E-state index is 12.2. The summed E-state index contributed by atoms with van der Waals surface area (Å²) in [5.41, 5.74) is 1.37. The molecule has 27 heavy (non-hydrogen) atoms. The van der Waals surface area contributed by atoms with Crippen molar-refractivity contribution >= 4 is 51.1 Å². The topological polar surface area (TPSA) is 62.1 Å². The average molecular weight is 468 g/mol. The number of hydrogen-bond donors (Lipinski definition) is 1. The number of amides is 1. The minimum absolute atomic E-state index is 0.00354. The van der Waals surface area contributed by atoms with Gasteiger partial charge in [0.25, 0.3) is 5.91 Å². The molecule has 0 aromatic heterocycles. The lowest BCUT2D eigenvalue weighted by atomic mass is 10.1. The Balaban J connectivity index is 2.29. The van der Waals surface area contributed by atoms with Crippen molar-refractivity contribution in [2.24, 2.45) is 0 Å². The van der Waals surface area contributed by atoms with Gasteiger partial charge in [-0.1, -0.05) is 45.2 Å². The number of carbonyl (C=O) groups excluding carboxylic acids is 1. The van der Waals surface area contributed by atoms with Gasteiger partial charge in [0.15, 0.2) is 0 Å². The van der Waals surface area contributed by atoms with Crippen molar-refractivity contribution in [2.45, 2.75) is 26.5 Å². The van der Waals surface area contributed by atoms with Crippen LogP contribution < -0.4 is 10.1 Å². The first kappa shape index (κ1) is 21.3.